The molecule has 6 rings (SSSR count). The first-order valence-corrected chi connectivity index (χ1v) is 17.7. The molecule has 0 radical (unpaired) electrons. The van der Waals surface area contributed by atoms with Gasteiger partial charge in [-0.15, -0.1) is 24.9 Å². The second-order valence-corrected chi connectivity index (χ2v) is 14.9. The van der Waals surface area contributed by atoms with Gasteiger partial charge >= 0.3 is 0 Å². The van der Waals surface area contributed by atoms with Crippen molar-refractivity contribution in [1.82, 2.24) is 4.90 Å². The fraction of sp³-hybridized carbons (Fsp3) is 0.375. The largest absolute Gasteiger partial charge is 0.394 e. The van der Waals surface area contributed by atoms with E-state index in [2.05, 4.69) is 20.1 Å². The van der Waals surface area contributed by atoms with Crippen LogP contribution in [0.25, 0.3) is 0 Å². The maximum absolute atomic E-state index is 15.4. The molecule has 7 nitrogen and oxygen atoms in total. The van der Waals surface area contributed by atoms with E-state index in [1.165, 1.54) is 0 Å². The molecule has 2 bridgehead atoms. The predicted molar refractivity (Wildman–Crippen MR) is 194 cm³/mol. The first-order valence-electron chi connectivity index (χ1n) is 16.8. The number of carbonyl (C=O) groups excluding carboxylic acids is 3. The van der Waals surface area contributed by atoms with Crippen molar-refractivity contribution in [2.75, 3.05) is 29.5 Å². The molecular formula is C40H45N3O4S. The van der Waals surface area contributed by atoms with E-state index in [1.807, 2.05) is 92.7 Å². The zero-order valence-electron chi connectivity index (χ0n) is 28.0. The molecule has 3 heterocycles. The minimum absolute atomic E-state index is 0.0198. The van der Waals surface area contributed by atoms with Crippen molar-refractivity contribution in [2.24, 2.45) is 17.8 Å². The number of hydrogen-bond acceptors (Lipinski definition) is 5. The van der Waals surface area contributed by atoms with Gasteiger partial charge in [0.25, 0.3) is 5.91 Å². The summed E-state index contributed by atoms with van der Waals surface area (Å²) in [4.78, 5) is 50.4. The Kier molecular flexibility index (Phi) is 9.68. The third-order valence-electron chi connectivity index (χ3n) is 10.6. The average molecular weight is 664 g/mol. The number of aliphatic hydroxyl groups excluding tert-OH is 1. The van der Waals surface area contributed by atoms with Crippen LogP contribution in [0.2, 0.25) is 0 Å². The number of rotatable bonds is 12. The molecule has 0 aliphatic carbocycles. The molecule has 0 aromatic heterocycles. The molecule has 7 atom stereocenters. The third kappa shape index (κ3) is 5.49. The second-order valence-electron chi connectivity index (χ2n) is 13.4. The van der Waals surface area contributed by atoms with Crippen molar-refractivity contribution in [3.8, 4) is 0 Å². The monoisotopic (exact) mass is 663 g/mol. The van der Waals surface area contributed by atoms with E-state index < -0.39 is 28.7 Å². The van der Waals surface area contributed by atoms with Crippen LogP contribution in [0.1, 0.15) is 30.0 Å². The van der Waals surface area contributed by atoms with Crippen molar-refractivity contribution < 1.29 is 19.5 Å². The Morgan fingerprint density at radius 1 is 0.938 bits per heavy atom. The molecule has 3 saturated heterocycles. The molecule has 1 spiro atoms. The van der Waals surface area contributed by atoms with Crippen molar-refractivity contribution in [1.29, 1.82) is 0 Å². The van der Waals surface area contributed by atoms with Crippen molar-refractivity contribution >= 4 is 40.9 Å². The number of benzene rings is 3. The van der Waals surface area contributed by atoms with E-state index in [-0.39, 0.29) is 42.0 Å². The molecular weight excluding hydrogens is 619 g/mol. The zero-order chi connectivity index (χ0) is 34.2. The molecule has 0 saturated carbocycles. The van der Waals surface area contributed by atoms with Gasteiger partial charge in [0.15, 0.2) is 0 Å². The minimum atomic E-state index is -0.887. The molecule has 8 heteroatoms. The summed E-state index contributed by atoms with van der Waals surface area (Å²) in [6.45, 7) is 14.3. The minimum Gasteiger partial charge on any atom is -0.394 e. The molecule has 3 aromatic rings. The highest BCUT2D eigenvalue weighted by Crippen LogP contribution is 2.69. The molecule has 3 fully saturated rings. The SMILES string of the molecule is C=CCN(C(=O)[C@@H]1[C@@H]2CC(C)C3(S2)C(C(=O)N(CC=C)c2c(C)cccc2C)N([C@@H](CO)Cc2ccccc2)C(=O)[C@H]13)c1ccccc1. The number of carbonyl (C=O) groups is 3. The lowest BCUT2D eigenvalue weighted by Gasteiger charge is -2.42. The van der Waals surface area contributed by atoms with Gasteiger partial charge in [0.2, 0.25) is 11.8 Å². The van der Waals surface area contributed by atoms with E-state index in [4.69, 9.17) is 0 Å². The summed E-state index contributed by atoms with van der Waals surface area (Å²) in [5.41, 5.74) is 4.41. The maximum atomic E-state index is 15.4. The Labute approximate surface area is 288 Å². The van der Waals surface area contributed by atoms with Crippen LogP contribution < -0.4 is 9.80 Å². The van der Waals surface area contributed by atoms with Crippen molar-refractivity contribution in [3.63, 3.8) is 0 Å². The molecule has 3 amide bonds. The second kappa shape index (κ2) is 13.8. The highest BCUT2D eigenvalue weighted by molar-refractivity contribution is 8.02. The van der Waals surface area contributed by atoms with Gasteiger partial charge < -0.3 is 19.8 Å². The molecule has 1 N–H and O–H groups in total. The third-order valence-corrected chi connectivity index (χ3v) is 12.6. The van der Waals surface area contributed by atoms with Gasteiger partial charge in [-0.3, -0.25) is 14.4 Å². The normalized spacial score (nSPS) is 26.2. The van der Waals surface area contributed by atoms with E-state index >= 15 is 9.59 Å². The number of nitrogens with zero attached hydrogens (tertiary/aromatic N) is 3. The fourth-order valence-electron chi connectivity index (χ4n) is 8.59. The smallest absolute Gasteiger partial charge is 0.251 e. The van der Waals surface area contributed by atoms with Crippen LogP contribution in [0, 0.1) is 31.6 Å². The van der Waals surface area contributed by atoms with E-state index in [9.17, 15) is 9.90 Å². The van der Waals surface area contributed by atoms with Gasteiger partial charge in [-0.1, -0.05) is 85.8 Å². The Balaban J connectivity index is 1.50. The molecule has 250 valence electrons. The molecule has 48 heavy (non-hydrogen) atoms. The lowest BCUT2D eigenvalue weighted by molar-refractivity contribution is -0.141. The fourth-order valence-corrected chi connectivity index (χ4v) is 11.0. The van der Waals surface area contributed by atoms with Gasteiger partial charge in [-0.2, -0.15) is 0 Å². The highest BCUT2D eigenvalue weighted by atomic mass is 32.2. The Hall–Kier alpha value is -4.14. The van der Waals surface area contributed by atoms with Gasteiger partial charge in [0.1, 0.15) is 6.04 Å². The van der Waals surface area contributed by atoms with Gasteiger partial charge in [0, 0.05) is 29.7 Å². The molecule has 3 aliphatic rings. The Morgan fingerprint density at radius 3 is 2.15 bits per heavy atom. The summed E-state index contributed by atoms with van der Waals surface area (Å²) < 4.78 is -0.851. The molecule has 3 unspecified atom stereocenters. The maximum Gasteiger partial charge on any atom is 0.251 e. The van der Waals surface area contributed by atoms with Crippen LogP contribution in [-0.4, -0.2) is 69.5 Å². The highest BCUT2D eigenvalue weighted by Gasteiger charge is 2.77. The van der Waals surface area contributed by atoms with Gasteiger partial charge in [-0.05, 0) is 61.4 Å². The quantitative estimate of drug-likeness (QED) is 0.241. The van der Waals surface area contributed by atoms with Crippen LogP contribution in [0.5, 0.6) is 0 Å². The number of para-hydroxylation sites is 2. The number of likely N-dealkylation sites (tertiary alicyclic amines) is 1. The topological polar surface area (TPSA) is 81.2 Å². The summed E-state index contributed by atoms with van der Waals surface area (Å²) in [6, 6.07) is 23.6. The zero-order valence-corrected chi connectivity index (χ0v) is 28.8. The van der Waals surface area contributed by atoms with E-state index in [0.29, 0.717) is 19.4 Å². The van der Waals surface area contributed by atoms with Crippen molar-refractivity contribution in [3.05, 3.63) is 121 Å². The van der Waals surface area contributed by atoms with E-state index in [1.54, 1.807) is 38.6 Å². The van der Waals surface area contributed by atoms with Gasteiger partial charge in [-0.25, -0.2) is 0 Å². The lowest BCUT2D eigenvalue weighted by atomic mass is 9.65. The number of fused-ring (bicyclic) bond motifs is 1. The average Bonchev–Trinajstić information content (AvgIpc) is 3.69. The van der Waals surface area contributed by atoms with E-state index in [0.717, 1.165) is 28.1 Å². The van der Waals surface area contributed by atoms with Crippen LogP contribution in [0.3, 0.4) is 0 Å². The Morgan fingerprint density at radius 2 is 1.54 bits per heavy atom. The summed E-state index contributed by atoms with van der Waals surface area (Å²) >= 11 is 1.65. The molecule has 3 aliphatic heterocycles. The van der Waals surface area contributed by atoms with Crippen LogP contribution in [0.4, 0.5) is 11.4 Å². The summed E-state index contributed by atoms with van der Waals surface area (Å²) in [6.07, 6.45) is 4.52. The van der Waals surface area contributed by atoms with Crippen LogP contribution >= 0.6 is 11.8 Å². The first kappa shape index (κ1) is 33.7. The summed E-state index contributed by atoms with van der Waals surface area (Å²) in [5.74, 6) is -1.91. The number of anilines is 2. The standard InChI is InChI=1S/C40H45N3O4S/c1-6-21-41(30-19-12-9-13-20-30)37(45)33-32-23-28(5)40(48-32)34(33)38(46)43(31(25-44)24-29-17-10-8-11-18-29)36(40)39(47)42(22-7-2)35-26(3)15-14-16-27(35)4/h6-20,28,31-34,36,44H,1-2,21-25H2,3-5H3/t28?,31-,32+,33-,34+,36?,40?/m1/s1. The first-order chi connectivity index (χ1) is 23.2. The number of amides is 3. The lowest BCUT2D eigenvalue weighted by Crippen LogP contribution is -2.60. The summed E-state index contributed by atoms with van der Waals surface area (Å²) in [7, 11) is 0. The predicted octanol–water partition coefficient (Wildman–Crippen LogP) is 5.98. The molecule has 3 aromatic carbocycles. The number of hydrogen-bond donors (Lipinski definition) is 1. The summed E-state index contributed by atoms with van der Waals surface area (Å²) in [5, 5.41) is 10.8. The van der Waals surface area contributed by atoms with Crippen LogP contribution in [0.15, 0.2) is 104 Å². The Bertz CT molecular complexity index is 1680. The van der Waals surface area contributed by atoms with Crippen molar-refractivity contribution in [2.45, 2.75) is 55.7 Å². The number of aryl methyl sites for hydroxylation is 2. The van der Waals surface area contributed by atoms with Crippen LogP contribution in [-0.2, 0) is 20.8 Å². The number of aliphatic hydroxyl groups is 1. The number of thioether (sulfide) groups is 1. The van der Waals surface area contributed by atoms with Gasteiger partial charge in [0.05, 0.1) is 29.2 Å².